The molecule has 2 aromatic heterocycles. The van der Waals surface area contributed by atoms with Gasteiger partial charge in [-0.05, 0) is 62.1 Å². The minimum Gasteiger partial charge on any atom is -0.497 e. The molecular formula is C28H29N3O2S. The van der Waals surface area contributed by atoms with Gasteiger partial charge in [-0.2, -0.15) is 0 Å². The fraction of sp³-hybridized carbons (Fsp3) is 0.286. The molecule has 34 heavy (non-hydrogen) atoms. The molecule has 4 aromatic rings. The predicted octanol–water partition coefficient (Wildman–Crippen LogP) is 6.07. The van der Waals surface area contributed by atoms with Gasteiger partial charge in [-0.25, -0.2) is 4.98 Å². The van der Waals surface area contributed by atoms with Crippen LogP contribution < -0.4 is 4.74 Å². The van der Waals surface area contributed by atoms with Crippen molar-refractivity contribution in [2.75, 3.05) is 20.2 Å². The molecular weight excluding hydrogens is 442 g/mol. The Morgan fingerprint density at radius 2 is 1.79 bits per heavy atom. The number of rotatable bonds is 7. The van der Waals surface area contributed by atoms with Gasteiger partial charge in [-0.3, -0.25) is 4.79 Å². The van der Waals surface area contributed by atoms with Gasteiger partial charge in [0.2, 0.25) is 0 Å². The highest BCUT2D eigenvalue weighted by Crippen LogP contribution is 2.33. The van der Waals surface area contributed by atoms with Crippen molar-refractivity contribution in [3.8, 4) is 27.7 Å². The van der Waals surface area contributed by atoms with E-state index >= 15 is 0 Å². The molecule has 5 nitrogen and oxygen atoms in total. The first-order valence-corrected chi connectivity index (χ1v) is 12.7. The second kappa shape index (κ2) is 9.85. The van der Waals surface area contributed by atoms with Crippen LogP contribution in [0.3, 0.4) is 0 Å². The molecule has 174 valence electrons. The zero-order valence-electron chi connectivity index (χ0n) is 19.7. The number of hydrogen-bond donors (Lipinski definition) is 0. The number of nitrogens with zero attached hydrogens (tertiary/aromatic N) is 3. The maximum Gasteiger partial charge on any atom is 0.255 e. The molecule has 1 saturated heterocycles. The Hall–Kier alpha value is -3.38. The second-order valence-corrected chi connectivity index (χ2v) is 9.54. The highest BCUT2D eigenvalue weighted by molar-refractivity contribution is 7.13. The highest BCUT2D eigenvalue weighted by atomic mass is 32.1. The molecule has 0 unspecified atom stereocenters. The fourth-order valence-electron chi connectivity index (χ4n) is 4.60. The van der Waals surface area contributed by atoms with E-state index in [0.29, 0.717) is 0 Å². The molecule has 5 rings (SSSR count). The van der Waals surface area contributed by atoms with Crippen LogP contribution in [0.15, 0.2) is 66.0 Å². The fourth-order valence-corrected chi connectivity index (χ4v) is 5.42. The Kier molecular flexibility index (Phi) is 6.50. The van der Waals surface area contributed by atoms with Gasteiger partial charge in [0.05, 0.1) is 24.1 Å². The first-order chi connectivity index (χ1) is 16.6. The van der Waals surface area contributed by atoms with E-state index in [0.717, 1.165) is 77.9 Å². The molecule has 0 atom stereocenters. The number of amides is 1. The van der Waals surface area contributed by atoms with E-state index in [1.807, 2.05) is 41.3 Å². The lowest BCUT2D eigenvalue weighted by atomic mass is 10.1. The monoisotopic (exact) mass is 471 g/mol. The highest BCUT2D eigenvalue weighted by Gasteiger charge is 2.25. The minimum atomic E-state index is 0.139. The van der Waals surface area contributed by atoms with E-state index in [-0.39, 0.29) is 5.91 Å². The van der Waals surface area contributed by atoms with Gasteiger partial charge in [0, 0.05) is 36.3 Å². The van der Waals surface area contributed by atoms with Crippen molar-refractivity contribution in [3.05, 3.63) is 82.9 Å². The van der Waals surface area contributed by atoms with Crippen molar-refractivity contribution < 1.29 is 9.53 Å². The van der Waals surface area contributed by atoms with Crippen LogP contribution in [0.4, 0.5) is 0 Å². The molecule has 1 aliphatic rings. The maximum absolute atomic E-state index is 13.3. The van der Waals surface area contributed by atoms with E-state index in [2.05, 4.69) is 41.1 Å². The number of benzene rings is 2. The van der Waals surface area contributed by atoms with E-state index < -0.39 is 0 Å². The van der Waals surface area contributed by atoms with Gasteiger partial charge in [0.25, 0.3) is 5.91 Å². The van der Waals surface area contributed by atoms with E-state index in [4.69, 9.17) is 9.72 Å². The summed E-state index contributed by atoms with van der Waals surface area (Å²) in [4.78, 5) is 20.3. The van der Waals surface area contributed by atoms with Crippen LogP contribution in [-0.2, 0) is 13.0 Å². The molecule has 1 amide bonds. The number of carbonyl (C=O) groups excluding carboxylic acids is 1. The lowest BCUT2D eigenvalue weighted by molar-refractivity contribution is 0.0792. The zero-order valence-corrected chi connectivity index (χ0v) is 20.5. The van der Waals surface area contributed by atoms with E-state index in [1.165, 1.54) is 5.56 Å². The Labute approximate surface area is 204 Å². The molecule has 3 heterocycles. The largest absolute Gasteiger partial charge is 0.497 e. The Morgan fingerprint density at radius 1 is 1.06 bits per heavy atom. The molecule has 2 aromatic carbocycles. The Bertz CT molecular complexity index is 1270. The van der Waals surface area contributed by atoms with Gasteiger partial charge < -0.3 is 14.2 Å². The summed E-state index contributed by atoms with van der Waals surface area (Å²) in [5.41, 5.74) is 6.07. The van der Waals surface area contributed by atoms with E-state index in [1.54, 1.807) is 18.4 Å². The minimum absolute atomic E-state index is 0.139. The summed E-state index contributed by atoms with van der Waals surface area (Å²) in [6.45, 7) is 4.56. The summed E-state index contributed by atoms with van der Waals surface area (Å²) in [5.74, 6) is 0.969. The molecule has 0 spiro atoms. The topological polar surface area (TPSA) is 47.4 Å². The number of methoxy groups -OCH3 is 1. The number of ether oxygens (including phenoxy) is 1. The van der Waals surface area contributed by atoms with Crippen molar-refractivity contribution >= 4 is 17.2 Å². The quantitative estimate of drug-likeness (QED) is 0.328. The molecule has 0 saturated carbocycles. The van der Waals surface area contributed by atoms with Crippen molar-refractivity contribution in [1.82, 2.24) is 14.5 Å². The van der Waals surface area contributed by atoms with Crippen molar-refractivity contribution in [2.45, 2.75) is 32.7 Å². The lowest BCUT2D eigenvalue weighted by Gasteiger charge is -2.15. The van der Waals surface area contributed by atoms with Crippen molar-refractivity contribution in [1.29, 1.82) is 0 Å². The van der Waals surface area contributed by atoms with Gasteiger partial charge >= 0.3 is 0 Å². The number of carbonyl (C=O) groups is 1. The van der Waals surface area contributed by atoms with Crippen LogP contribution in [0.25, 0.3) is 22.0 Å². The summed E-state index contributed by atoms with van der Waals surface area (Å²) in [6.07, 6.45) is 3.07. The van der Waals surface area contributed by atoms with Gasteiger partial charge in [-0.1, -0.05) is 30.3 Å². The van der Waals surface area contributed by atoms with Gasteiger partial charge in [0.15, 0.2) is 0 Å². The molecule has 1 aliphatic heterocycles. The summed E-state index contributed by atoms with van der Waals surface area (Å²) >= 11 is 1.62. The normalized spacial score (nSPS) is 13.4. The molecule has 1 fully saturated rings. The average Bonchev–Trinajstić information content (AvgIpc) is 3.64. The number of hydrogen-bond acceptors (Lipinski definition) is 4. The van der Waals surface area contributed by atoms with Crippen molar-refractivity contribution in [2.24, 2.45) is 0 Å². The first-order valence-electron chi connectivity index (χ1n) is 11.8. The van der Waals surface area contributed by atoms with Crippen molar-refractivity contribution in [3.63, 3.8) is 0 Å². The number of aromatic nitrogens is 2. The van der Waals surface area contributed by atoms with Crippen LogP contribution >= 0.6 is 11.3 Å². The SMILES string of the molecule is COc1ccc(-c2nc(-c3cc(C(=O)N4CCCC4)c(C)n3CCc3ccccc3)cs2)cc1. The smallest absolute Gasteiger partial charge is 0.255 e. The number of aryl methyl sites for hydroxylation is 1. The number of likely N-dealkylation sites (tertiary alicyclic amines) is 1. The molecule has 0 bridgehead atoms. The summed E-state index contributed by atoms with van der Waals surface area (Å²) in [6, 6.07) is 20.5. The average molecular weight is 472 g/mol. The third kappa shape index (κ3) is 4.50. The molecule has 6 heteroatoms. The Balaban J connectivity index is 1.50. The maximum atomic E-state index is 13.3. The molecule has 0 radical (unpaired) electrons. The third-order valence-corrected chi connectivity index (χ3v) is 7.45. The summed E-state index contributed by atoms with van der Waals surface area (Å²) < 4.78 is 7.55. The molecule has 0 N–H and O–H groups in total. The third-order valence-electron chi connectivity index (χ3n) is 6.56. The summed E-state index contributed by atoms with van der Waals surface area (Å²) in [5, 5.41) is 3.05. The van der Waals surface area contributed by atoms with Crippen LogP contribution in [0, 0.1) is 6.92 Å². The van der Waals surface area contributed by atoms with Crippen LogP contribution in [0.5, 0.6) is 5.75 Å². The van der Waals surface area contributed by atoms with Gasteiger partial charge in [0.1, 0.15) is 10.8 Å². The Morgan fingerprint density at radius 3 is 2.50 bits per heavy atom. The van der Waals surface area contributed by atoms with E-state index in [9.17, 15) is 4.79 Å². The summed E-state index contributed by atoms with van der Waals surface area (Å²) in [7, 11) is 1.67. The predicted molar refractivity (Wildman–Crippen MR) is 138 cm³/mol. The first kappa shape index (κ1) is 22.4. The van der Waals surface area contributed by atoms with Crippen LogP contribution in [0.1, 0.15) is 34.5 Å². The molecule has 0 aliphatic carbocycles. The van der Waals surface area contributed by atoms with Crippen LogP contribution in [0.2, 0.25) is 0 Å². The number of thiazole rings is 1. The second-order valence-electron chi connectivity index (χ2n) is 8.68. The van der Waals surface area contributed by atoms with Crippen LogP contribution in [-0.4, -0.2) is 40.6 Å². The standard InChI is InChI=1S/C28H29N3O2S/c1-20-24(28(32)30-15-6-7-16-30)18-26(31(20)17-14-21-8-4-3-5-9-21)25-19-34-27(29-25)22-10-12-23(33-2)13-11-22/h3-5,8-13,18-19H,6-7,14-17H2,1-2H3. The van der Waals surface area contributed by atoms with Gasteiger partial charge in [-0.15, -0.1) is 11.3 Å². The lowest BCUT2D eigenvalue weighted by Crippen LogP contribution is -2.28. The zero-order chi connectivity index (χ0) is 23.5.